The molecule has 0 amide bonds. The number of anilines is 1. The molecule has 0 bridgehead atoms. The lowest BCUT2D eigenvalue weighted by Crippen LogP contribution is -2.42. The average molecular weight is 287 g/mol. The van der Waals surface area contributed by atoms with Crippen LogP contribution < -0.4 is 4.90 Å². The summed E-state index contributed by atoms with van der Waals surface area (Å²) >= 11 is 0. The van der Waals surface area contributed by atoms with Gasteiger partial charge in [0, 0.05) is 18.3 Å². The molecule has 21 heavy (non-hydrogen) atoms. The van der Waals surface area contributed by atoms with Gasteiger partial charge in [-0.3, -0.25) is 0 Å². The van der Waals surface area contributed by atoms with Crippen molar-refractivity contribution in [3.63, 3.8) is 0 Å². The van der Waals surface area contributed by atoms with Crippen molar-refractivity contribution in [3.05, 3.63) is 29.3 Å². The van der Waals surface area contributed by atoms with Gasteiger partial charge in [-0.1, -0.05) is 32.3 Å². The highest BCUT2D eigenvalue weighted by Gasteiger charge is 2.30. The van der Waals surface area contributed by atoms with E-state index in [1.165, 1.54) is 37.8 Å². The second-order valence-electron chi connectivity index (χ2n) is 6.50. The van der Waals surface area contributed by atoms with E-state index in [2.05, 4.69) is 17.9 Å². The summed E-state index contributed by atoms with van der Waals surface area (Å²) in [6.45, 7) is 3.37. The van der Waals surface area contributed by atoms with Gasteiger partial charge in [0.05, 0.1) is 5.56 Å². The molecule has 0 spiro atoms. The molecule has 0 saturated heterocycles. The zero-order valence-electron chi connectivity index (χ0n) is 12.8. The number of carboxylic acid groups (broad SMARTS) is 1. The summed E-state index contributed by atoms with van der Waals surface area (Å²) in [6, 6.07) is 6.38. The van der Waals surface area contributed by atoms with E-state index < -0.39 is 5.97 Å². The Labute approximate surface area is 127 Å². The first-order chi connectivity index (χ1) is 10.2. The largest absolute Gasteiger partial charge is 0.478 e. The lowest BCUT2D eigenvalue weighted by molar-refractivity contribution is 0.0695. The van der Waals surface area contributed by atoms with E-state index in [-0.39, 0.29) is 0 Å². The fraction of sp³-hybridized carbons (Fsp3) is 0.611. The third-order valence-electron chi connectivity index (χ3n) is 5.29. The van der Waals surface area contributed by atoms with Crippen LogP contribution >= 0.6 is 0 Å². The molecule has 2 aliphatic rings. The number of carbonyl (C=O) groups is 1. The summed E-state index contributed by atoms with van der Waals surface area (Å²) in [5.74, 6) is 0.0561. The second-order valence-corrected chi connectivity index (χ2v) is 6.50. The number of aromatic carboxylic acids is 1. The second kappa shape index (κ2) is 6.08. The molecule has 1 N–H and O–H groups in total. The third-order valence-corrected chi connectivity index (χ3v) is 5.29. The lowest BCUT2D eigenvalue weighted by Gasteiger charge is -2.42. The van der Waals surface area contributed by atoms with E-state index in [4.69, 9.17) is 0 Å². The lowest BCUT2D eigenvalue weighted by atomic mass is 9.82. The number of nitrogens with zero attached hydrogens (tertiary/aromatic N) is 1. The Morgan fingerprint density at radius 3 is 2.95 bits per heavy atom. The summed E-state index contributed by atoms with van der Waals surface area (Å²) in [4.78, 5) is 13.9. The van der Waals surface area contributed by atoms with Crippen molar-refractivity contribution in [1.82, 2.24) is 0 Å². The fourth-order valence-corrected chi connectivity index (χ4v) is 4.15. The van der Waals surface area contributed by atoms with E-state index in [0.29, 0.717) is 11.6 Å². The van der Waals surface area contributed by atoms with E-state index >= 15 is 0 Å². The third kappa shape index (κ3) is 2.78. The van der Waals surface area contributed by atoms with Crippen LogP contribution in [0, 0.1) is 5.92 Å². The van der Waals surface area contributed by atoms with Crippen molar-refractivity contribution < 1.29 is 9.90 Å². The number of benzene rings is 1. The van der Waals surface area contributed by atoms with Crippen molar-refractivity contribution in [3.8, 4) is 0 Å². The summed E-state index contributed by atoms with van der Waals surface area (Å²) in [6.07, 6.45) is 8.45. The van der Waals surface area contributed by atoms with Crippen LogP contribution in [0.5, 0.6) is 0 Å². The molecule has 1 fully saturated rings. The van der Waals surface area contributed by atoms with Gasteiger partial charge in [-0.15, -0.1) is 0 Å². The van der Waals surface area contributed by atoms with Gasteiger partial charge in [-0.05, 0) is 49.3 Å². The minimum absolute atomic E-state index is 0.500. The summed E-state index contributed by atoms with van der Waals surface area (Å²) < 4.78 is 0. The van der Waals surface area contributed by atoms with Crippen LogP contribution in [0.25, 0.3) is 0 Å². The van der Waals surface area contributed by atoms with Crippen molar-refractivity contribution in [2.75, 3.05) is 11.4 Å². The molecule has 1 aliphatic heterocycles. The Morgan fingerprint density at radius 1 is 1.33 bits per heavy atom. The Bertz CT molecular complexity index is 526. The molecule has 1 saturated carbocycles. The highest BCUT2D eigenvalue weighted by atomic mass is 16.4. The van der Waals surface area contributed by atoms with Crippen LogP contribution in [0.3, 0.4) is 0 Å². The summed E-state index contributed by atoms with van der Waals surface area (Å²) in [7, 11) is 0. The maximum absolute atomic E-state index is 11.4. The SMILES string of the molecule is CCC1CCCC(N2CCCc3c(C(=O)O)cccc32)C1. The molecule has 1 heterocycles. The summed E-state index contributed by atoms with van der Waals surface area (Å²) in [5, 5.41) is 9.40. The van der Waals surface area contributed by atoms with E-state index in [1.807, 2.05) is 6.07 Å². The van der Waals surface area contributed by atoms with Gasteiger partial charge in [0.1, 0.15) is 0 Å². The molecule has 0 aromatic heterocycles. The molecular formula is C18H25NO2. The van der Waals surface area contributed by atoms with Crippen molar-refractivity contribution in [1.29, 1.82) is 0 Å². The van der Waals surface area contributed by atoms with Gasteiger partial charge in [-0.25, -0.2) is 4.79 Å². The molecule has 0 radical (unpaired) electrons. The molecule has 1 aromatic rings. The van der Waals surface area contributed by atoms with Gasteiger partial charge in [0.2, 0.25) is 0 Å². The number of fused-ring (bicyclic) bond motifs is 1. The molecule has 3 nitrogen and oxygen atoms in total. The van der Waals surface area contributed by atoms with Crippen molar-refractivity contribution in [2.45, 2.75) is 57.9 Å². The van der Waals surface area contributed by atoms with E-state index in [1.54, 1.807) is 6.07 Å². The first-order valence-corrected chi connectivity index (χ1v) is 8.32. The van der Waals surface area contributed by atoms with E-state index in [9.17, 15) is 9.90 Å². The predicted octanol–water partition coefficient (Wildman–Crippen LogP) is 4.11. The Hall–Kier alpha value is -1.51. The minimum atomic E-state index is -0.788. The number of carboxylic acids is 1. The fourth-order valence-electron chi connectivity index (χ4n) is 4.15. The van der Waals surface area contributed by atoms with Crippen LogP contribution in [-0.4, -0.2) is 23.7 Å². The number of rotatable bonds is 3. The minimum Gasteiger partial charge on any atom is -0.478 e. The van der Waals surface area contributed by atoms with Gasteiger partial charge >= 0.3 is 5.97 Å². The zero-order valence-corrected chi connectivity index (χ0v) is 12.8. The van der Waals surface area contributed by atoms with Gasteiger partial charge in [0.25, 0.3) is 0 Å². The molecule has 1 aliphatic carbocycles. The maximum Gasteiger partial charge on any atom is 0.336 e. The Balaban J connectivity index is 1.90. The van der Waals surface area contributed by atoms with Crippen molar-refractivity contribution in [2.24, 2.45) is 5.92 Å². The molecule has 1 aromatic carbocycles. The average Bonchev–Trinajstić information content (AvgIpc) is 2.53. The maximum atomic E-state index is 11.4. The standard InChI is InChI=1S/C18H25NO2/c1-2-13-6-3-7-14(12-13)19-11-5-9-15-16(18(20)21)8-4-10-17(15)19/h4,8,10,13-14H,2-3,5-7,9,11-12H2,1H3,(H,20,21). The molecular weight excluding hydrogens is 262 g/mol. The van der Waals surface area contributed by atoms with Crippen LogP contribution in [-0.2, 0) is 6.42 Å². The van der Waals surface area contributed by atoms with Gasteiger partial charge in [0.15, 0.2) is 0 Å². The number of hydrogen-bond acceptors (Lipinski definition) is 2. The zero-order chi connectivity index (χ0) is 14.8. The summed E-state index contributed by atoms with van der Waals surface area (Å²) in [5.41, 5.74) is 2.73. The van der Waals surface area contributed by atoms with Gasteiger partial charge < -0.3 is 10.0 Å². The molecule has 2 atom stereocenters. The highest BCUT2D eigenvalue weighted by molar-refractivity contribution is 5.91. The smallest absolute Gasteiger partial charge is 0.336 e. The molecule has 3 rings (SSSR count). The van der Waals surface area contributed by atoms with Crippen LogP contribution in [0.15, 0.2) is 18.2 Å². The highest BCUT2D eigenvalue weighted by Crippen LogP contribution is 2.37. The quantitative estimate of drug-likeness (QED) is 0.909. The van der Waals surface area contributed by atoms with Crippen molar-refractivity contribution >= 4 is 11.7 Å². The first kappa shape index (κ1) is 14.4. The van der Waals surface area contributed by atoms with Crippen LogP contribution in [0.4, 0.5) is 5.69 Å². The first-order valence-electron chi connectivity index (χ1n) is 8.32. The molecule has 3 heteroatoms. The Morgan fingerprint density at radius 2 is 2.19 bits per heavy atom. The Kier molecular flexibility index (Phi) is 4.18. The normalized spacial score (nSPS) is 25.5. The van der Waals surface area contributed by atoms with Gasteiger partial charge in [-0.2, -0.15) is 0 Å². The molecule has 114 valence electrons. The molecule has 2 unspecified atom stereocenters. The topological polar surface area (TPSA) is 40.5 Å². The van der Waals surface area contributed by atoms with Crippen LogP contribution in [0.1, 0.15) is 61.4 Å². The predicted molar refractivity (Wildman–Crippen MR) is 85.1 cm³/mol. The van der Waals surface area contributed by atoms with Crippen LogP contribution in [0.2, 0.25) is 0 Å². The number of hydrogen-bond donors (Lipinski definition) is 1. The van der Waals surface area contributed by atoms with E-state index in [0.717, 1.165) is 30.9 Å². The monoisotopic (exact) mass is 287 g/mol.